The number of thioether (sulfide) groups is 2. The van der Waals surface area contributed by atoms with E-state index in [0.717, 1.165) is 47.8 Å². The number of benzene rings is 4. The number of alkyl halides is 1. The van der Waals surface area contributed by atoms with Gasteiger partial charge in [-0.25, -0.2) is 43.4 Å². The van der Waals surface area contributed by atoms with Crippen LogP contribution in [-0.4, -0.2) is 82.2 Å². The third kappa shape index (κ3) is 16.5. The molecular weight excluding hydrogens is 935 g/mol. The van der Waals surface area contributed by atoms with Crippen LogP contribution in [0.5, 0.6) is 11.5 Å². The first kappa shape index (κ1) is 48.5. The number of carbonyl (C=O) groups excluding carboxylic acids is 2. The molecular formula is C35H39F4IN4O8S4. The molecule has 0 bridgehead atoms. The van der Waals surface area contributed by atoms with Crippen molar-refractivity contribution in [1.82, 2.24) is 9.03 Å². The van der Waals surface area contributed by atoms with Crippen molar-refractivity contribution in [3.63, 3.8) is 0 Å². The first-order valence-electron chi connectivity index (χ1n) is 16.1. The van der Waals surface area contributed by atoms with E-state index in [2.05, 4.69) is 39.0 Å². The minimum Gasteiger partial charge on any atom is -0.478 e. The van der Waals surface area contributed by atoms with Crippen molar-refractivity contribution in [3.8, 4) is 11.5 Å². The zero-order valence-electron chi connectivity index (χ0n) is 29.9. The van der Waals surface area contributed by atoms with Gasteiger partial charge in [0.15, 0.2) is 48.0 Å². The lowest BCUT2D eigenvalue weighted by molar-refractivity contribution is -0.120. The molecule has 0 aliphatic rings. The smallest absolute Gasteiger partial charge is 0.255 e. The number of nitrogens with one attached hydrogen (secondary N) is 1. The fraction of sp³-hybridized carbons (Fsp3) is 0.257. The monoisotopic (exact) mass is 973 g/mol. The third-order valence-electron chi connectivity index (χ3n) is 6.50. The van der Waals surface area contributed by atoms with E-state index in [9.17, 15) is 44.0 Å². The lowest BCUT2D eigenvalue weighted by Gasteiger charge is -2.17. The van der Waals surface area contributed by atoms with Crippen molar-refractivity contribution < 1.29 is 53.5 Å². The molecule has 56 heavy (non-hydrogen) atoms. The van der Waals surface area contributed by atoms with Crippen molar-refractivity contribution in [2.45, 2.75) is 26.5 Å². The highest BCUT2D eigenvalue weighted by Gasteiger charge is 2.21. The highest BCUT2D eigenvalue weighted by Crippen LogP contribution is 2.30. The summed E-state index contributed by atoms with van der Waals surface area (Å²) in [7, 11) is -5.82. The van der Waals surface area contributed by atoms with E-state index >= 15 is 0 Å². The number of halogens is 5. The van der Waals surface area contributed by atoms with Crippen molar-refractivity contribution in [2.75, 3.05) is 49.3 Å². The predicted octanol–water partition coefficient (Wildman–Crippen LogP) is 5.58. The van der Waals surface area contributed by atoms with Crippen LogP contribution in [0, 0.1) is 23.3 Å². The van der Waals surface area contributed by atoms with Crippen LogP contribution in [0.25, 0.3) is 0 Å². The summed E-state index contributed by atoms with van der Waals surface area (Å²) >= 11 is 4.44. The average molecular weight is 974 g/mol. The number of nitrogens with two attached hydrogens (primary N) is 2. The van der Waals surface area contributed by atoms with Crippen molar-refractivity contribution in [3.05, 3.63) is 108 Å². The Balaban J connectivity index is 0.000000362. The molecule has 0 saturated heterocycles. The van der Waals surface area contributed by atoms with Gasteiger partial charge >= 0.3 is 0 Å². The van der Waals surface area contributed by atoms with Gasteiger partial charge in [-0.05, 0) is 53.0 Å². The van der Waals surface area contributed by atoms with Crippen LogP contribution in [0.4, 0.5) is 17.6 Å². The van der Waals surface area contributed by atoms with E-state index in [-0.39, 0.29) is 44.2 Å². The number of amides is 2. The Bertz CT molecular complexity index is 2060. The Hall–Kier alpha value is -3.61. The molecule has 0 unspecified atom stereocenters. The second-order valence-corrected chi connectivity index (χ2v) is 18.4. The zero-order valence-corrected chi connectivity index (χ0v) is 35.3. The largest absolute Gasteiger partial charge is 0.478 e. The van der Waals surface area contributed by atoms with Gasteiger partial charge in [0, 0.05) is 41.4 Å². The first-order valence-corrected chi connectivity index (χ1v) is 22.5. The van der Waals surface area contributed by atoms with E-state index in [1.165, 1.54) is 40.0 Å². The average Bonchev–Trinajstić information content (AvgIpc) is 3.14. The summed E-state index contributed by atoms with van der Waals surface area (Å²) in [6.07, 6.45) is 0. The minimum atomic E-state index is -3.63. The molecule has 4 aromatic carbocycles. The molecule has 0 spiro atoms. The zero-order chi connectivity index (χ0) is 41.9. The number of sulfonamides is 2. The minimum absolute atomic E-state index is 0.0745. The van der Waals surface area contributed by atoms with Crippen molar-refractivity contribution in [2.24, 2.45) is 11.5 Å². The van der Waals surface area contributed by atoms with Crippen molar-refractivity contribution >= 4 is 78.0 Å². The van der Waals surface area contributed by atoms with E-state index in [4.69, 9.17) is 16.2 Å². The number of ether oxygens (including phenoxy) is 2. The number of primary amides is 2. The Morgan fingerprint density at radius 3 is 1.48 bits per heavy atom. The molecule has 0 heterocycles. The molecule has 0 fully saturated rings. The second-order valence-electron chi connectivity index (χ2n) is 10.8. The van der Waals surface area contributed by atoms with Gasteiger partial charge < -0.3 is 20.9 Å². The molecule has 0 aromatic heterocycles. The third-order valence-corrected chi connectivity index (χ3v) is 11.8. The van der Waals surface area contributed by atoms with E-state index in [1.807, 2.05) is 0 Å². The Kier molecular flexibility index (Phi) is 21.0. The van der Waals surface area contributed by atoms with E-state index in [1.54, 1.807) is 36.4 Å². The topological polar surface area (TPSA) is 188 Å². The van der Waals surface area contributed by atoms with Gasteiger partial charge in [0.2, 0.25) is 20.0 Å². The van der Waals surface area contributed by atoms with E-state index < -0.39 is 79.8 Å². The van der Waals surface area contributed by atoms with Crippen LogP contribution in [0.15, 0.2) is 105 Å². The van der Waals surface area contributed by atoms with Crippen LogP contribution >= 0.6 is 46.1 Å². The summed E-state index contributed by atoms with van der Waals surface area (Å²) in [5, 5.41) is 0. The molecule has 2 amide bonds. The molecule has 21 heteroatoms. The van der Waals surface area contributed by atoms with Gasteiger partial charge in [0.25, 0.3) is 11.8 Å². The highest BCUT2D eigenvalue weighted by atomic mass is 127. The molecule has 0 saturated carbocycles. The van der Waals surface area contributed by atoms with Gasteiger partial charge in [0.1, 0.15) is 0 Å². The number of hydrogen-bond acceptors (Lipinski definition) is 10. The van der Waals surface area contributed by atoms with Crippen LogP contribution in [0.1, 0.15) is 6.92 Å². The summed E-state index contributed by atoms with van der Waals surface area (Å²) in [6, 6.07) is 20.0. The van der Waals surface area contributed by atoms with Gasteiger partial charge in [-0.2, -0.15) is 0 Å². The lowest BCUT2D eigenvalue weighted by atomic mass is 10.3. The molecule has 0 aliphatic carbocycles. The molecule has 4 rings (SSSR count). The number of hydrogen-bond donors (Lipinski definition) is 3. The summed E-state index contributed by atoms with van der Waals surface area (Å²) < 4.78 is 119. The second kappa shape index (κ2) is 24.2. The summed E-state index contributed by atoms with van der Waals surface area (Å²) in [6.45, 7) is 1.06. The van der Waals surface area contributed by atoms with Crippen LogP contribution in [0.3, 0.4) is 0 Å². The van der Waals surface area contributed by atoms with Crippen LogP contribution in [-0.2, 0) is 29.6 Å². The lowest BCUT2D eigenvalue weighted by Crippen LogP contribution is -2.29. The molecule has 0 aliphatic heterocycles. The fourth-order valence-corrected chi connectivity index (χ4v) is 8.29. The molecule has 12 nitrogen and oxygen atoms in total. The standard InChI is InChI=1S/C17H18F2N2O4S2.C16H16F2N2O4S2.C2H5I/c1-21(27(23,24)13-5-3-2-4-6-13)7-8-26-12-9-14(18)17(15(19)10-12)25-11-16(20)22;17-13-8-11(9-14(18)16(13)24-10-15(19)21)25-7-6-20-26(22,23)12-4-2-1-3-5-12;1-2-3/h2-6,9-10H,7-8,11H2,1H3,(H2,20,22);1-5,8-9,20H,6-7,10H2,(H2,19,21);2H2,1H3/i;;2-1. The SMILES string of the molecule is CN(CCSc1cc(F)c(OCC(N)=O)c(F)c1)S(=O)(=O)c1ccccc1.C[11CH2]I.NC(=O)COc1c(F)cc(SCCNS(=O)(=O)c2ccccc2)cc1F. The van der Waals surface area contributed by atoms with Crippen LogP contribution in [0.2, 0.25) is 0 Å². The molecule has 0 radical (unpaired) electrons. The van der Waals surface area contributed by atoms with Gasteiger partial charge in [-0.3, -0.25) is 9.59 Å². The Morgan fingerprint density at radius 1 is 0.714 bits per heavy atom. The van der Waals surface area contributed by atoms with Crippen molar-refractivity contribution in [1.29, 1.82) is 0 Å². The Labute approximate surface area is 345 Å². The van der Waals surface area contributed by atoms with Gasteiger partial charge in [0.05, 0.1) is 9.79 Å². The number of nitrogens with zero attached hydrogens (tertiary/aromatic N) is 1. The van der Waals surface area contributed by atoms with Gasteiger partial charge in [-0.15, -0.1) is 23.5 Å². The molecule has 306 valence electrons. The maximum absolute atomic E-state index is 13.9. The predicted molar refractivity (Wildman–Crippen MR) is 216 cm³/mol. The molecule has 0 atom stereocenters. The maximum Gasteiger partial charge on any atom is 0.255 e. The normalized spacial score (nSPS) is 11.1. The van der Waals surface area contributed by atoms with Crippen LogP contribution < -0.4 is 25.7 Å². The maximum atomic E-state index is 13.9. The van der Waals surface area contributed by atoms with E-state index in [0.29, 0.717) is 0 Å². The molecule has 4 aromatic rings. The molecule has 5 N–H and O–H groups in total. The first-order chi connectivity index (χ1) is 26.4. The summed E-state index contributed by atoms with van der Waals surface area (Å²) in [5.74, 6) is -6.41. The summed E-state index contributed by atoms with van der Waals surface area (Å²) in [4.78, 5) is 22.1. The highest BCUT2D eigenvalue weighted by molar-refractivity contribution is 14.1. The Morgan fingerprint density at radius 2 is 1.09 bits per heavy atom. The number of rotatable bonds is 18. The fourth-order valence-electron chi connectivity index (χ4n) is 4.01. The van der Waals surface area contributed by atoms with Gasteiger partial charge in [-0.1, -0.05) is 65.9 Å². The quantitative estimate of drug-likeness (QED) is 0.0374. The summed E-state index contributed by atoms with van der Waals surface area (Å²) in [5.41, 5.74) is 9.73. The number of carbonyl (C=O) groups is 2.